The number of carbonyl (C=O) groups excluding carboxylic acids is 1. The van der Waals surface area contributed by atoms with Gasteiger partial charge in [0, 0.05) is 6.42 Å². The zero-order valence-electron chi connectivity index (χ0n) is 20.5. The molecule has 1 rings (SSSR count). The van der Waals surface area contributed by atoms with Crippen LogP contribution in [0.25, 0.3) is 0 Å². The summed E-state index contributed by atoms with van der Waals surface area (Å²) >= 11 is 0. The molecular formula is C27H44N2O4. The maximum Gasteiger partial charge on any atom is 0.341 e. The van der Waals surface area contributed by atoms with Gasteiger partial charge in [0.15, 0.2) is 6.61 Å². The van der Waals surface area contributed by atoms with E-state index < -0.39 is 5.97 Å². The van der Waals surface area contributed by atoms with Crippen molar-refractivity contribution in [3.63, 3.8) is 0 Å². The number of unbranched alkanes of at least 4 members (excludes halogenated alkanes) is 14. The predicted molar refractivity (Wildman–Crippen MR) is 135 cm³/mol. The summed E-state index contributed by atoms with van der Waals surface area (Å²) in [7, 11) is 0. The van der Waals surface area contributed by atoms with Gasteiger partial charge in [0.1, 0.15) is 5.75 Å². The molecular weight excluding hydrogens is 416 g/mol. The Hall–Kier alpha value is -2.37. The highest BCUT2D eigenvalue weighted by atomic mass is 16.5. The summed E-state index contributed by atoms with van der Waals surface area (Å²) in [5.41, 5.74) is 3.35. The maximum atomic E-state index is 11.9. The number of amides is 1. The molecule has 0 aromatic heterocycles. The Balaban J connectivity index is 1.92. The molecule has 1 aromatic carbocycles. The molecule has 0 spiro atoms. The molecule has 0 unspecified atom stereocenters. The Morgan fingerprint density at radius 2 is 1.30 bits per heavy atom. The SMILES string of the molecule is CCCCCCCCCCCCCCCCCC(=O)N/N=C/c1ccc(OCC(=O)O)cc1. The number of hydrogen-bond acceptors (Lipinski definition) is 4. The van der Waals surface area contributed by atoms with Crippen molar-refractivity contribution in [2.45, 2.75) is 110 Å². The molecule has 186 valence electrons. The second-order valence-corrected chi connectivity index (χ2v) is 8.74. The average molecular weight is 461 g/mol. The van der Waals surface area contributed by atoms with Gasteiger partial charge < -0.3 is 9.84 Å². The molecule has 33 heavy (non-hydrogen) atoms. The molecule has 0 radical (unpaired) electrons. The minimum atomic E-state index is -1.02. The lowest BCUT2D eigenvalue weighted by molar-refractivity contribution is -0.139. The molecule has 0 atom stereocenters. The highest BCUT2D eigenvalue weighted by molar-refractivity contribution is 5.82. The third-order valence-corrected chi connectivity index (χ3v) is 5.65. The topological polar surface area (TPSA) is 88.0 Å². The molecule has 1 amide bonds. The van der Waals surface area contributed by atoms with Crippen LogP contribution in [0, 0.1) is 0 Å². The molecule has 0 fully saturated rings. The van der Waals surface area contributed by atoms with Crippen LogP contribution < -0.4 is 10.2 Å². The van der Waals surface area contributed by atoms with Crippen molar-refractivity contribution in [1.82, 2.24) is 5.43 Å². The molecule has 0 aliphatic carbocycles. The van der Waals surface area contributed by atoms with Crippen LogP contribution in [0.3, 0.4) is 0 Å². The number of carboxylic acid groups (broad SMARTS) is 1. The zero-order chi connectivity index (χ0) is 24.0. The van der Waals surface area contributed by atoms with Gasteiger partial charge in [-0.2, -0.15) is 5.10 Å². The Morgan fingerprint density at radius 1 is 0.818 bits per heavy atom. The van der Waals surface area contributed by atoms with Crippen molar-refractivity contribution < 1.29 is 19.4 Å². The van der Waals surface area contributed by atoms with E-state index in [1.54, 1.807) is 30.5 Å². The first kappa shape index (κ1) is 28.7. The number of nitrogens with zero attached hydrogens (tertiary/aromatic N) is 1. The van der Waals surface area contributed by atoms with E-state index in [9.17, 15) is 9.59 Å². The number of benzene rings is 1. The Morgan fingerprint density at radius 3 is 1.79 bits per heavy atom. The van der Waals surface area contributed by atoms with E-state index in [0.29, 0.717) is 12.2 Å². The van der Waals surface area contributed by atoms with Crippen molar-refractivity contribution in [3.05, 3.63) is 29.8 Å². The first-order valence-corrected chi connectivity index (χ1v) is 12.9. The van der Waals surface area contributed by atoms with Crippen molar-refractivity contribution in [3.8, 4) is 5.75 Å². The number of carbonyl (C=O) groups is 2. The number of hydrogen-bond donors (Lipinski definition) is 2. The third kappa shape index (κ3) is 17.8. The first-order chi connectivity index (χ1) is 16.1. The molecule has 6 heteroatoms. The number of aliphatic carboxylic acids is 1. The highest BCUT2D eigenvalue weighted by Crippen LogP contribution is 2.14. The minimum Gasteiger partial charge on any atom is -0.482 e. The van der Waals surface area contributed by atoms with Crippen LogP contribution in [-0.4, -0.2) is 29.8 Å². The molecule has 6 nitrogen and oxygen atoms in total. The van der Waals surface area contributed by atoms with Crippen LogP contribution in [-0.2, 0) is 9.59 Å². The fraction of sp³-hybridized carbons (Fsp3) is 0.667. The van der Waals surface area contributed by atoms with Gasteiger partial charge in [0.25, 0.3) is 0 Å². The normalized spacial score (nSPS) is 11.1. The van der Waals surface area contributed by atoms with Gasteiger partial charge in [-0.25, -0.2) is 10.2 Å². The van der Waals surface area contributed by atoms with Crippen molar-refractivity contribution in [2.75, 3.05) is 6.61 Å². The highest BCUT2D eigenvalue weighted by Gasteiger charge is 2.01. The molecule has 0 saturated heterocycles. The molecule has 2 N–H and O–H groups in total. The van der Waals surface area contributed by atoms with Gasteiger partial charge >= 0.3 is 5.97 Å². The molecule has 0 heterocycles. The van der Waals surface area contributed by atoms with Gasteiger partial charge in [0.2, 0.25) is 5.91 Å². The summed E-state index contributed by atoms with van der Waals surface area (Å²) in [5, 5.41) is 12.6. The second kappa shape index (κ2) is 20.3. The van der Waals surface area contributed by atoms with E-state index in [2.05, 4.69) is 17.5 Å². The van der Waals surface area contributed by atoms with Crippen LogP contribution in [0.1, 0.15) is 115 Å². The standard InChI is InChI=1S/C27H44N2O4/c1-2-3-4-5-6-7-8-9-10-11-12-13-14-15-16-17-26(30)29-28-22-24-18-20-25(21-19-24)33-23-27(31)32/h18-22H,2-17,23H2,1H3,(H,29,30)(H,31,32)/b28-22+. The van der Waals surface area contributed by atoms with Gasteiger partial charge in [0.05, 0.1) is 6.21 Å². The number of nitrogens with one attached hydrogen (secondary N) is 1. The van der Waals surface area contributed by atoms with Crippen LogP contribution in [0.2, 0.25) is 0 Å². The summed E-state index contributed by atoms with van der Waals surface area (Å²) in [6.07, 6.45) is 21.7. The first-order valence-electron chi connectivity index (χ1n) is 12.9. The quantitative estimate of drug-likeness (QED) is 0.119. The average Bonchev–Trinajstić information content (AvgIpc) is 2.81. The number of carboxylic acids is 1. The van der Waals surface area contributed by atoms with Crippen molar-refractivity contribution in [2.24, 2.45) is 5.10 Å². The summed E-state index contributed by atoms with van der Waals surface area (Å²) in [6, 6.07) is 6.84. The van der Waals surface area contributed by atoms with E-state index in [1.165, 1.54) is 83.5 Å². The summed E-state index contributed by atoms with van der Waals surface area (Å²) in [6.45, 7) is 1.89. The Labute approximate surface area is 200 Å². The van der Waals surface area contributed by atoms with Crippen LogP contribution in [0.4, 0.5) is 0 Å². The summed E-state index contributed by atoms with van der Waals surface area (Å²) in [4.78, 5) is 22.4. The van der Waals surface area contributed by atoms with E-state index in [4.69, 9.17) is 9.84 Å². The number of ether oxygens (including phenoxy) is 1. The van der Waals surface area contributed by atoms with Crippen LogP contribution in [0.5, 0.6) is 5.75 Å². The van der Waals surface area contributed by atoms with Crippen molar-refractivity contribution >= 4 is 18.1 Å². The van der Waals surface area contributed by atoms with E-state index >= 15 is 0 Å². The van der Waals surface area contributed by atoms with Gasteiger partial charge in [-0.15, -0.1) is 0 Å². The van der Waals surface area contributed by atoms with Crippen molar-refractivity contribution in [1.29, 1.82) is 0 Å². The zero-order valence-corrected chi connectivity index (χ0v) is 20.5. The molecule has 1 aromatic rings. The third-order valence-electron chi connectivity index (χ3n) is 5.65. The summed E-state index contributed by atoms with van der Waals surface area (Å²) < 4.78 is 5.07. The largest absolute Gasteiger partial charge is 0.482 e. The summed E-state index contributed by atoms with van der Waals surface area (Å²) in [5.74, 6) is -0.605. The molecule has 0 aliphatic heterocycles. The molecule has 0 aliphatic rings. The monoisotopic (exact) mass is 460 g/mol. The van der Waals surface area contributed by atoms with Gasteiger partial charge in [-0.3, -0.25) is 4.79 Å². The van der Waals surface area contributed by atoms with Crippen LogP contribution >= 0.6 is 0 Å². The lowest BCUT2D eigenvalue weighted by Crippen LogP contribution is -2.16. The molecule has 0 saturated carbocycles. The van der Waals surface area contributed by atoms with E-state index in [-0.39, 0.29) is 12.5 Å². The Bertz CT molecular complexity index is 659. The smallest absolute Gasteiger partial charge is 0.341 e. The van der Waals surface area contributed by atoms with Crippen LogP contribution in [0.15, 0.2) is 29.4 Å². The Kier molecular flexibility index (Phi) is 17.6. The predicted octanol–water partition coefficient (Wildman–Crippen LogP) is 6.86. The number of rotatable bonds is 21. The van der Waals surface area contributed by atoms with Gasteiger partial charge in [-0.1, -0.05) is 96.8 Å². The van der Waals surface area contributed by atoms with E-state index in [1.807, 2.05) is 0 Å². The second-order valence-electron chi connectivity index (χ2n) is 8.74. The lowest BCUT2D eigenvalue weighted by atomic mass is 10.0. The van der Waals surface area contributed by atoms with E-state index in [0.717, 1.165) is 18.4 Å². The number of hydrazone groups is 1. The fourth-order valence-corrected chi connectivity index (χ4v) is 3.69. The fourth-order valence-electron chi connectivity index (χ4n) is 3.69. The minimum absolute atomic E-state index is 0.0673. The molecule has 0 bridgehead atoms. The van der Waals surface area contributed by atoms with Gasteiger partial charge in [-0.05, 0) is 36.2 Å². The maximum absolute atomic E-state index is 11.9. The lowest BCUT2D eigenvalue weighted by Gasteiger charge is -2.04.